The molecule has 0 bridgehead atoms. The molecule has 15 heavy (non-hydrogen) atoms. The van der Waals surface area contributed by atoms with E-state index in [0.29, 0.717) is 0 Å². The summed E-state index contributed by atoms with van der Waals surface area (Å²) in [5, 5.41) is 5.24. The van der Waals surface area contributed by atoms with Crippen LogP contribution in [0.25, 0.3) is 10.9 Å². The summed E-state index contributed by atoms with van der Waals surface area (Å²) in [6.07, 6.45) is 0.972. The second-order valence-electron chi connectivity index (χ2n) is 3.79. The number of hydrogen-bond acceptors (Lipinski definition) is 2. The van der Waals surface area contributed by atoms with Crippen LogP contribution >= 0.6 is 11.6 Å². The Hall–Kier alpha value is -1.12. The van der Waals surface area contributed by atoms with Crippen molar-refractivity contribution >= 4 is 22.5 Å². The molecule has 0 atom stereocenters. The number of nitrogens with zero attached hydrogens (tertiary/aromatic N) is 1. The summed E-state index contributed by atoms with van der Waals surface area (Å²) in [7, 11) is 0. The molecule has 1 aromatic heterocycles. The SMILES string of the molecule is Clc1c2c(nc3ccccc13)CCNC2. The lowest BCUT2D eigenvalue weighted by Crippen LogP contribution is -2.24. The quantitative estimate of drug-likeness (QED) is 0.735. The number of nitrogens with one attached hydrogen (secondary N) is 1. The molecule has 1 aliphatic heterocycles. The van der Waals surface area contributed by atoms with E-state index in [4.69, 9.17) is 11.6 Å². The Bertz CT molecular complexity index is 522. The van der Waals surface area contributed by atoms with Crippen molar-refractivity contribution in [1.29, 1.82) is 0 Å². The highest BCUT2D eigenvalue weighted by molar-refractivity contribution is 6.36. The van der Waals surface area contributed by atoms with Crippen LogP contribution in [-0.2, 0) is 13.0 Å². The minimum absolute atomic E-state index is 0.839. The zero-order chi connectivity index (χ0) is 10.3. The third-order valence-corrected chi connectivity index (χ3v) is 3.28. The van der Waals surface area contributed by atoms with Gasteiger partial charge in [-0.2, -0.15) is 0 Å². The van der Waals surface area contributed by atoms with Crippen molar-refractivity contribution < 1.29 is 0 Å². The Balaban J connectivity index is 2.36. The highest BCUT2D eigenvalue weighted by atomic mass is 35.5. The molecule has 0 unspecified atom stereocenters. The fourth-order valence-electron chi connectivity index (χ4n) is 2.07. The minimum Gasteiger partial charge on any atom is -0.312 e. The minimum atomic E-state index is 0.839. The van der Waals surface area contributed by atoms with Gasteiger partial charge in [0.2, 0.25) is 0 Å². The summed E-state index contributed by atoms with van der Waals surface area (Å²) in [4.78, 5) is 4.65. The largest absolute Gasteiger partial charge is 0.312 e. The van der Waals surface area contributed by atoms with Gasteiger partial charge in [-0.15, -0.1) is 0 Å². The number of aromatic nitrogens is 1. The van der Waals surface area contributed by atoms with Crippen LogP contribution in [0.1, 0.15) is 11.3 Å². The second kappa shape index (κ2) is 3.47. The third-order valence-electron chi connectivity index (χ3n) is 2.85. The van der Waals surface area contributed by atoms with Crippen LogP contribution in [0.3, 0.4) is 0 Å². The maximum atomic E-state index is 6.38. The van der Waals surface area contributed by atoms with E-state index in [2.05, 4.69) is 10.3 Å². The highest BCUT2D eigenvalue weighted by Crippen LogP contribution is 2.29. The van der Waals surface area contributed by atoms with E-state index in [0.717, 1.165) is 41.1 Å². The maximum Gasteiger partial charge on any atom is 0.0720 e. The Labute approximate surface area is 93.3 Å². The first-order valence-corrected chi connectivity index (χ1v) is 5.51. The van der Waals surface area contributed by atoms with Gasteiger partial charge in [0.25, 0.3) is 0 Å². The zero-order valence-corrected chi connectivity index (χ0v) is 9.01. The fourth-order valence-corrected chi connectivity index (χ4v) is 2.40. The van der Waals surface area contributed by atoms with Gasteiger partial charge in [0.05, 0.1) is 10.5 Å². The molecule has 0 saturated heterocycles. The molecule has 3 rings (SSSR count). The van der Waals surface area contributed by atoms with Gasteiger partial charge >= 0.3 is 0 Å². The maximum absolute atomic E-state index is 6.38. The van der Waals surface area contributed by atoms with E-state index in [1.54, 1.807) is 0 Å². The lowest BCUT2D eigenvalue weighted by Gasteiger charge is -2.18. The molecular weight excluding hydrogens is 208 g/mol. The summed E-state index contributed by atoms with van der Waals surface area (Å²) in [5.41, 5.74) is 3.32. The Morgan fingerprint density at radius 2 is 2.13 bits per heavy atom. The normalized spacial score (nSPS) is 15.3. The lowest BCUT2D eigenvalue weighted by molar-refractivity contribution is 0.633. The van der Waals surface area contributed by atoms with Crippen LogP contribution in [0.4, 0.5) is 0 Å². The Morgan fingerprint density at radius 1 is 1.27 bits per heavy atom. The van der Waals surface area contributed by atoms with Gasteiger partial charge in [0.1, 0.15) is 0 Å². The van der Waals surface area contributed by atoms with Gasteiger partial charge in [-0.05, 0) is 6.07 Å². The number of fused-ring (bicyclic) bond motifs is 2. The predicted octanol–water partition coefficient (Wildman–Crippen LogP) is 2.53. The van der Waals surface area contributed by atoms with E-state index in [-0.39, 0.29) is 0 Å². The molecule has 2 heterocycles. The van der Waals surface area contributed by atoms with Gasteiger partial charge in [-0.25, -0.2) is 0 Å². The predicted molar refractivity (Wildman–Crippen MR) is 62.2 cm³/mol. The summed E-state index contributed by atoms with van der Waals surface area (Å²) >= 11 is 6.38. The van der Waals surface area contributed by atoms with Crippen LogP contribution < -0.4 is 5.32 Å². The second-order valence-corrected chi connectivity index (χ2v) is 4.17. The molecule has 1 N–H and O–H groups in total. The Morgan fingerprint density at radius 3 is 3.07 bits per heavy atom. The van der Waals surface area contributed by atoms with E-state index >= 15 is 0 Å². The van der Waals surface area contributed by atoms with E-state index in [9.17, 15) is 0 Å². The molecule has 1 aromatic carbocycles. The molecule has 76 valence electrons. The summed E-state index contributed by atoms with van der Waals surface area (Å²) in [5.74, 6) is 0. The molecular formula is C12H11ClN2. The fraction of sp³-hybridized carbons (Fsp3) is 0.250. The topological polar surface area (TPSA) is 24.9 Å². The van der Waals surface area contributed by atoms with Crippen molar-refractivity contribution in [3.8, 4) is 0 Å². The van der Waals surface area contributed by atoms with Crippen molar-refractivity contribution in [2.45, 2.75) is 13.0 Å². The highest BCUT2D eigenvalue weighted by Gasteiger charge is 2.15. The van der Waals surface area contributed by atoms with Crippen LogP contribution in [0.5, 0.6) is 0 Å². The van der Waals surface area contributed by atoms with Crippen molar-refractivity contribution in [3.63, 3.8) is 0 Å². The standard InChI is InChI=1S/C12H11ClN2/c13-12-8-3-1-2-4-10(8)15-11-5-6-14-7-9(11)12/h1-4,14H,5-7H2. The van der Waals surface area contributed by atoms with Gasteiger partial charge in [0.15, 0.2) is 0 Å². The average molecular weight is 219 g/mol. The van der Waals surface area contributed by atoms with E-state index in [1.165, 1.54) is 5.56 Å². The van der Waals surface area contributed by atoms with Crippen molar-refractivity contribution in [2.24, 2.45) is 0 Å². The first-order chi connectivity index (χ1) is 7.36. The first-order valence-electron chi connectivity index (χ1n) is 5.13. The number of rotatable bonds is 0. The monoisotopic (exact) mass is 218 g/mol. The zero-order valence-electron chi connectivity index (χ0n) is 8.26. The molecule has 2 aromatic rings. The van der Waals surface area contributed by atoms with Gasteiger partial charge in [-0.3, -0.25) is 4.98 Å². The molecule has 0 saturated carbocycles. The number of benzene rings is 1. The van der Waals surface area contributed by atoms with Gasteiger partial charge in [0, 0.05) is 36.2 Å². The first kappa shape index (κ1) is 9.13. The average Bonchev–Trinajstić information content (AvgIpc) is 2.30. The molecule has 2 nitrogen and oxygen atoms in total. The van der Waals surface area contributed by atoms with Crippen molar-refractivity contribution in [3.05, 3.63) is 40.5 Å². The third kappa shape index (κ3) is 1.41. The summed E-state index contributed by atoms with van der Waals surface area (Å²) in [6.45, 7) is 1.83. The smallest absolute Gasteiger partial charge is 0.0720 e. The van der Waals surface area contributed by atoms with Gasteiger partial charge < -0.3 is 5.32 Å². The number of pyridine rings is 1. The summed E-state index contributed by atoms with van der Waals surface area (Å²) in [6, 6.07) is 8.04. The number of halogens is 1. The van der Waals surface area contributed by atoms with E-state index in [1.807, 2.05) is 24.3 Å². The summed E-state index contributed by atoms with van der Waals surface area (Å²) < 4.78 is 0. The van der Waals surface area contributed by atoms with Crippen molar-refractivity contribution in [2.75, 3.05) is 6.54 Å². The molecule has 0 spiro atoms. The molecule has 1 aliphatic rings. The van der Waals surface area contributed by atoms with Crippen LogP contribution in [0.15, 0.2) is 24.3 Å². The van der Waals surface area contributed by atoms with Crippen LogP contribution in [0, 0.1) is 0 Å². The van der Waals surface area contributed by atoms with Crippen LogP contribution in [-0.4, -0.2) is 11.5 Å². The Kier molecular flexibility index (Phi) is 2.11. The molecule has 0 fully saturated rings. The van der Waals surface area contributed by atoms with E-state index < -0.39 is 0 Å². The number of hydrogen-bond donors (Lipinski definition) is 1. The molecule has 0 radical (unpaired) electrons. The number of para-hydroxylation sites is 1. The molecule has 3 heteroatoms. The molecule has 0 aliphatic carbocycles. The van der Waals surface area contributed by atoms with Crippen LogP contribution in [0.2, 0.25) is 5.02 Å². The van der Waals surface area contributed by atoms with Gasteiger partial charge in [-0.1, -0.05) is 29.8 Å². The lowest BCUT2D eigenvalue weighted by atomic mass is 10.0. The van der Waals surface area contributed by atoms with Crippen molar-refractivity contribution in [1.82, 2.24) is 10.3 Å². The molecule has 0 amide bonds.